The van der Waals surface area contributed by atoms with Gasteiger partial charge in [0.15, 0.2) is 0 Å². The van der Waals surface area contributed by atoms with Gasteiger partial charge in [0, 0.05) is 18.0 Å². The Morgan fingerprint density at radius 1 is 1.25 bits per heavy atom. The van der Waals surface area contributed by atoms with E-state index in [0.717, 1.165) is 17.5 Å². The van der Waals surface area contributed by atoms with Gasteiger partial charge in [0.1, 0.15) is 0 Å². The molecule has 0 bridgehead atoms. The predicted molar refractivity (Wildman–Crippen MR) is 62.6 cm³/mol. The van der Waals surface area contributed by atoms with E-state index >= 15 is 0 Å². The Morgan fingerprint density at radius 2 is 1.94 bits per heavy atom. The van der Waals surface area contributed by atoms with Gasteiger partial charge in [0.25, 0.3) is 0 Å². The van der Waals surface area contributed by atoms with Crippen LogP contribution in [0, 0.1) is 0 Å². The molecule has 0 spiro atoms. The van der Waals surface area contributed by atoms with Crippen LogP contribution in [-0.4, -0.2) is 16.1 Å². The second kappa shape index (κ2) is 4.23. The largest absolute Gasteiger partial charge is 0.478 e. The number of aromatic carboxylic acids is 1. The maximum atomic E-state index is 11.0. The molecule has 16 heavy (non-hydrogen) atoms. The summed E-state index contributed by atoms with van der Waals surface area (Å²) in [6.45, 7) is 2.09. The minimum absolute atomic E-state index is 0.309. The summed E-state index contributed by atoms with van der Waals surface area (Å²) in [6.07, 6.45) is 4.20. The average Bonchev–Trinajstić information content (AvgIpc) is 2.78. The first-order chi connectivity index (χ1) is 7.72. The lowest BCUT2D eigenvalue weighted by molar-refractivity contribution is 0.0698. The number of aryl methyl sites for hydroxylation is 1. The Bertz CT molecular complexity index is 497. The Labute approximate surface area is 93.7 Å². The highest BCUT2D eigenvalue weighted by Crippen LogP contribution is 2.23. The first-order valence-electron chi connectivity index (χ1n) is 5.21. The second-order valence-electron chi connectivity index (χ2n) is 3.64. The molecule has 0 aliphatic carbocycles. The van der Waals surface area contributed by atoms with Gasteiger partial charge in [-0.2, -0.15) is 0 Å². The molecule has 0 saturated heterocycles. The van der Waals surface area contributed by atoms with Crippen molar-refractivity contribution >= 4 is 5.97 Å². The third kappa shape index (κ3) is 1.84. The molecule has 0 amide bonds. The van der Waals surface area contributed by atoms with E-state index in [1.165, 1.54) is 11.8 Å². The first kappa shape index (κ1) is 10.5. The van der Waals surface area contributed by atoms with Crippen LogP contribution < -0.4 is 0 Å². The van der Waals surface area contributed by atoms with Crippen molar-refractivity contribution in [3.8, 4) is 11.1 Å². The number of rotatable bonds is 3. The van der Waals surface area contributed by atoms with Crippen LogP contribution in [0.4, 0.5) is 0 Å². The normalized spacial score (nSPS) is 10.3. The van der Waals surface area contributed by atoms with Crippen LogP contribution in [0.3, 0.4) is 0 Å². The average molecular weight is 215 g/mol. The molecule has 0 saturated carbocycles. The molecule has 1 heterocycles. The summed E-state index contributed by atoms with van der Waals surface area (Å²) < 4.78 is 0. The van der Waals surface area contributed by atoms with Crippen LogP contribution in [0.15, 0.2) is 36.7 Å². The lowest BCUT2D eigenvalue weighted by Crippen LogP contribution is -1.95. The van der Waals surface area contributed by atoms with E-state index in [2.05, 4.69) is 11.9 Å². The Balaban J connectivity index is 2.42. The highest BCUT2D eigenvalue weighted by molar-refractivity contribution is 5.95. The van der Waals surface area contributed by atoms with Crippen molar-refractivity contribution in [2.75, 3.05) is 0 Å². The van der Waals surface area contributed by atoms with Gasteiger partial charge in [-0.3, -0.25) is 0 Å². The van der Waals surface area contributed by atoms with Crippen molar-refractivity contribution in [1.29, 1.82) is 0 Å². The fourth-order valence-corrected chi connectivity index (χ4v) is 1.70. The predicted octanol–water partition coefficient (Wildman–Crippen LogP) is 2.94. The molecule has 2 rings (SSSR count). The zero-order chi connectivity index (χ0) is 11.5. The number of aromatic amines is 1. The standard InChI is InChI=1S/C13H13NO2/c1-2-9-3-5-10(6-4-9)11-7-14-8-12(11)13(15)16/h3-8,14H,2H2,1H3,(H,15,16). The molecule has 2 aromatic rings. The summed E-state index contributed by atoms with van der Waals surface area (Å²) in [5.74, 6) is -0.907. The molecular weight excluding hydrogens is 202 g/mol. The van der Waals surface area contributed by atoms with E-state index < -0.39 is 5.97 Å². The van der Waals surface area contributed by atoms with Crippen LogP contribution in [0.25, 0.3) is 11.1 Å². The topological polar surface area (TPSA) is 53.1 Å². The second-order valence-corrected chi connectivity index (χ2v) is 3.64. The molecular formula is C13H13NO2. The van der Waals surface area contributed by atoms with Crippen LogP contribution in [0.1, 0.15) is 22.8 Å². The lowest BCUT2D eigenvalue weighted by Gasteiger charge is -2.02. The summed E-state index contributed by atoms with van der Waals surface area (Å²) in [4.78, 5) is 13.8. The molecule has 82 valence electrons. The van der Waals surface area contributed by atoms with Gasteiger partial charge < -0.3 is 10.1 Å². The quantitative estimate of drug-likeness (QED) is 0.827. The summed E-state index contributed by atoms with van der Waals surface area (Å²) in [6, 6.07) is 7.95. The number of H-pyrrole nitrogens is 1. The summed E-state index contributed by atoms with van der Waals surface area (Å²) in [5, 5.41) is 9.00. The molecule has 3 heteroatoms. The number of carbonyl (C=O) groups is 1. The summed E-state index contributed by atoms with van der Waals surface area (Å²) in [5.41, 5.74) is 3.21. The molecule has 2 N–H and O–H groups in total. The fraction of sp³-hybridized carbons (Fsp3) is 0.154. The molecule has 1 aromatic carbocycles. The molecule has 0 radical (unpaired) electrons. The highest BCUT2D eigenvalue weighted by Gasteiger charge is 2.11. The van der Waals surface area contributed by atoms with E-state index in [0.29, 0.717) is 5.56 Å². The third-order valence-corrected chi connectivity index (χ3v) is 2.65. The van der Waals surface area contributed by atoms with Crippen molar-refractivity contribution in [2.45, 2.75) is 13.3 Å². The number of carboxylic acid groups (broad SMARTS) is 1. The van der Waals surface area contributed by atoms with Gasteiger partial charge >= 0.3 is 5.97 Å². The number of hydrogen-bond acceptors (Lipinski definition) is 1. The molecule has 0 atom stereocenters. The first-order valence-corrected chi connectivity index (χ1v) is 5.21. The number of hydrogen-bond donors (Lipinski definition) is 2. The smallest absolute Gasteiger partial charge is 0.337 e. The van der Waals surface area contributed by atoms with Gasteiger partial charge in [-0.05, 0) is 17.5 Å². The van der Waals surface area contributed by atoms with E-state index in [1.807, 2.05) is 24.3 Å². The van der Waals surface area contributed by atoms with E-state index in [9.17, 15) is 4.79 Å². The SMILES string of the molecule is CCc1ccc(-c2c[nH]cc2C(=O)O)cc1. The Hall–Kier alpha value is -2.03. The highest BCUT2D eigenvalue weighted by atomic mass is 16.4. The molecule has 3 nitrogen and oxygen atoms in total. The Morgan fingerprint density at radius 3 is 2.50 bits per heavy atom. The van der Waals surface area contributed by atoms with Crippen molar-refractivity contribution < 1.29 is 9.90 Å². The fourth-order valence-electron chi connectivity index (χ4n) is 1.70. The molecule has 0 aliphatic heterocycles. The van der Waals surface area contributed by atoms with Crippen LogP contribution in [0.5, 0.6) is 0 Å². The minimum atomic E-state index is -0.907. The van der Waals surface area contributed by atoms with Gasteiger partial charge in [0.2, 0.25) is 0 Å². The third-order valence-electron chi connectivity index (χ3n) is 2.65. The van der Waals surface area contributed by atoms with Crippen molar-refractivity contribution in [3.63, 3.8) is 0 Å². The van der Waals surface area contributed by atoms with Crippen LogP contribution in [0.2, 0.25) is 0 Å². The maximum Gasteiger partial charge on any atom is 0.337 e. The van der Waals surface area contributed by atoms with Crippen molar-refractivity contribution in [1.82, 2.24) is 4.98 Å². The van der Waals surface area contributed by atoms with Gasteiger partial charge in [-0.25, -0.2) is 4.79 Å². The van der Waals surface area contributed by atoms with Gasteiger partial charge in [-0.1, -0.05) is 31.2 Å². The van der Waals surface area contributed by atoms with Gasteiger partial charge in [-0.15, -0.1) is 0 Å². The minimum Gasteiger partial charge on any atom is -0.478 e. The van der Waals surface area contributed by atoms with Gasteiger partial charge in [0.05, 0.1) is 5.56 Å². The Kier molecular flexibility index (Phi) is 2.77. The monoisotopic (exact) mass is 215 g/mol. The van der Waals surface area contributed by atoms with E-state index in [4.69, 9.17) is 5.11 Å². The molecule has 0 fully saturated rings. The molecule has 0 aliphatic rings. The zero-order valence-corrected chi connectivity index (χ0v) is 9.03. The zero-order valence-electron chi connectivity index (χ0n) is 9.03. The number of nitrogens with one attached hydrogen (secondary N) is 1. The maximum absolute atomic E-state index is 11.0. The molecule has 0 unspecified atom stereocenters. The molecule has 1 aromatic heterocycles. The number of benzene rings is 1. The van der Waals surface area contributed by atoms with Crippen molar-refractivity contribution in [3.05, 3.63) is 47.8 Å². The van der Waals surface area contributed by atoms with Crippen LogP contribution >= 0.6 is 0 Å². The summed E-state index contributed by atoms with van der Waals surface area (Å²) in [7, 11) is 0. The number of carboxylic acids is 1. The van der Waals surface area contributed by atoms with Crippen LogP contribution in [-0.2, 0) is 6.42 Å². The van der Waals surface area contributed by atoms with E-state index in [-0.39, 0.29) is 0 Å². The van der Waals surface area contributed by atoms with Crippen molar-refractivity contribution in [2.24, 2.45) is 0 Å². The number of aromatic nitrogens is 1. The summed E-state index contributed by atoms with van der Waals surface area (Å²) >= 11 is 0. The van der Waals surface area contributed by atoms with E-state index in [1.54, 1.807) is 6.20 Å². The lowest BCUT2D eigenvalue weighted by atomic mass is 10.0.